The predicted octanol–water partition coefficient (Wildman–Crippen LogP) is 4.12. The van der Waals surface area contributed by atoms with Crippen molar-refractivity contribution in [3.63, 3.8) is 0 Å². The minimum atomic E-state index is -0.432. The number of non-ortho nitro benzene ring substituents is 1. The van der Waals surface area contributed by atoms with Gasteiger partial charge in [-0.1, -0.05) is 18.2 Å². The summed E-state index contributed by atoms with van der Waals surface area (Å²) in [6.07, 6.45) is 4.43. The van der Waals surface area contributed by atoms with E-state index in [2.05, 4.69) is 18.0 Å². The van der Waals surface area contributed by atoms with Gasteiger partial charge in [0.15, 0.2) is 0 Å². The van der Waals surface area contributed by atoms with E-state index in [9.17, 15) is 14.9 Å². The normalized spacial score (nSPS) is 15.8. The standard InChI is InChI=1S/C22H25N3O5/c1-23(2)22(26)30-19-10-11-20-16(15-19)5-4-13-24(3)21(20)12-14-29-18-8-6-17(7-9-18)25(27)28/h4-11,15,21H,12-14H2,1-3H3/t21-/m1/s1. The highest BCUT2D eigenvalue weighted by Gasteiger charge is 2.22. The van der Waals surface area contributed by atoms with E-state index in [1.807, 2.05) is 18.2 Å². The first kappa shape index (κ1) is 21.3. The third kappa shape index (κ3) is 5.15. The van der Waals surface area contributed by atoms with Crippen LogP contribution in [0.1, 0.15) is 23.6 Å². The summed E-state index contributed by atoms with van der Waals surface area (Å²) in [6.45, 7) is 1.24. The van der Waals surface area contributed by atoms with Gasteiger partial charge in [-0.2, -0.15) is 0 Å². The average Bonchev–Trinajstić information content (AvgIpc) is 2.86. The van der Waals surface area contributed by atoms with Crippen molar-refractivity contribution >= 4 is 17.9 Å². The fraction of sp³-hybridized carbons (Fsp3) is 0.318. The number of hydrogen-bond acceptors (Lipinski definition) is 6. The molecule has 3 rings (SSSR count). The lowest BCUT2D eigenvalue weighted by molar-refractivity contribution is -0.384. The van der Waals surface area contributed by atoms with E-state index in [0.29, 0.717) is 18.1 Å². The molecule has 0 bridgehead atoms. The van der Waals surface area contributed by atoms with Crippen molar-refractivity contribution in [2.24, 2.45) is 0 Å². The van der Waals surface area contributed by atoms with Crippen LogP contribution in [0.4, 0.5) is 10.5 Å². The first-order chi connectivity index (χ1) is 14.3. The third-order valence-electron chi connectivity index (χ3n) is 4.92. The van der Waals surface area contributed by atoms with Crippen LogP contribution in [-0.2, 0) is 0 Å². The Morgan fingerprint density at radius 1 is 1.20 bits per heavy atom. The number of carbonyl (C=O) groups excluding carboxylic acids is 1. The summed E-state index contributed by atoms with van der Waals surface area (Å²) in [5.74, 6) is 1.10. The molecule has 8 nitrogen and oxygen atoms in total. The summed E-state index contributed by atoms with van der Waals surface area (Å²) < 4.78 is 11.2. The number of benzene rings is 2. The molecule has 0 aliphatic carbocycles. The topological polar surface area (TPSA) is 85.2 Å². The molecule has 2 aromatic rings. The molecule has 1 atom stereocenters. The molecule has 0 saturated carbocycles. The molecule has 1 aliphatic heterocycles. The van der Waals surface area contributed by atoms with Crippen molar-refractivity contribution in [1.29, 1.82) is 0 Å². The second-order valence-electron chi connectivity index (χ2n) is 7.30. The molecule has 0 unspecified atom stereocenters. The van der Waals surface area contributed by atoms with Crippen molar-refractivity contribution in [3.05, 3.63) is 69.8 Å². The molecule has 0 saturated heterocycles. The average molecular weight is 411 g/mol. The fourth-order valence-corrected chi connectivity index (χ4v) is 3.30. The van der Waals surface area contributed by atoms with Gasteiger partial charge in [-0.05, 0) is 42.4 Å². The molecular weight excluding hydrogens is 386 g/mol. The summed E-state index contributed by atoms with van der Waals surface area (Å²) in [5, 5.41) is 10.8. The number of hydrogen-bond donors (Lipinski definition) is 0. The highest BCUT2D eigenvalue weighted by Crippen LogP contribution is 2.32. The number of nitro benzene ring substituents is 1. The number of nitro groups is 1. The maximum atomic E-state index is 11.8. The molecule has 0 radical (unpaired) electrons. The van der Waals surface area contributed by atoms with Gasteiger partial charge in [0, 0.05) is 45.2 Å². The van der Waals surface area contributed by atoms with E-state index < -0.39 is 11.0 Å². The smallest absolute Gasteiger partial charge is 0.414 e. The molecule has 8 heteroatoms. The maximum absolute atomic E-state index is 11.8. The Morgan fingerprint density at radius 2 is 1.90 bits per heavy atom. The SMILES string of the molecule is CN(C)C(=O)Oc1ccc2c(c1)C=CCN(C)[C@@H]2CCOc1ccc([N+](=O)[O-])cc1. The zero-order chi connectivity index (χ0) is 21.7. The number of ether oxygens (including phenoxy) is 2. The second-order valence-corrected chi connectivity index (χ2v) is 7.30. The van der Waals surface area contributed by atoms with Gasteiger partial charge in [-0.25, -0.2) is 4.79 Å². The van der Waals surface area contributed by atoms with Crippen LogP contribution in [0.15, 0.2) is 48.5 Å². The van der Waals surface area contributed by atoms with Gasteiger partial charge < -0.3 is 14.4 Å². The van der Waals surface area contributed by atoms with Crippen molar-refractivity contribution < 1.29 is 19.2 Å². The number of fused-ring (bicyclic) bond motifs is 1. The lowest BCUT2D eigenvalue weighted by atomic mass is 9.97. The Kier molecular flexibility index (Phi) is 6.68. The van der Waals surface area contributed by atoms with E-state index >= 15 is 0 Å². The Morgan fingerprint density at radius 3 is 2.57 bits per heavy atom. The Hall–Kier alpha value is -3.39. The summed E-state index contributed by atoms with van der Waals surface area (Å²) >= 11 is 0. The monoisotopic (exact) mass is 411 g/mol. The second kappa shape index (κ2) is 9.41. The fourth-order valence-electron chi connectivity index (χ4n) is 3.30. The van der Waals surface area contributed by atoms with E-state index in [-0.39, 0.29) is 11.7 Å². The van der Waals surface area contributed by atoms with Crippen molar-refractivity contribution in [1.82, 2.24) is 9.80 Å². The molecule has 0 spiro atoms. The van der Waals surface area contributed by atoms with Crippen LogP contribution in [0.25, 0.3) is 6.08 Å². The van der Waals surface area contributed by atoms with Crippen LogP contribution in [0, 0.1) is 10.1 Å². The zero-order valence-electron chi connectivity index (χ0n) is 17.3. The van der Waals surface area contributed by atoms with Crippen molar-refractivity contribution in [2.75, 3.05) is 34.3 Å². The highest BCUT2D eigenvalue weighted by atomic mass is 16.6. The minimum absolute atomic E-state index is 0.0385. The Balaban J connectivity index is 1.69. The summed E-state index contributed by atoms with van der Waals surface area (Å²) in [4.78, 5) is 25.8. The van der Waals surface area contributed by atoms with Crippen LogP contribution < -0.4 is 9.47 Å². The minimum Gasteiger partial charge on any atom is -0.494 e. The number of nitrogens with zero attached hydrogens (tertiary/aromatic N) is 3. The lowest BCUT2D eigenvalue weighted by Gasteiger charge is -2.27. The lowest BCUT2D eigenvalue weighted by Crippen LogP contribution is -2.26. The molecule has 1 amide bonds. The number of rotatable bonds is 6. The highest BCUT2D eigenvalue weighted by molar-refractivity contribution is 5.70. The molecule has 0 aromatic heterocycles. The van der Waals surface area contributed by atoms with Crippen molar-refractivity contribution in [2.45, 2.75) is 12.5 Å². The predicted molar refractivity (Wildman–Crippen MR) is 114 cm³/mol. The van der Waals surface area contributed by atoms with Crippen LogP contribution in [0.2, 0.25) is 0 Å². The largest absolute Gasteiger partial charge is 0.494 e. The first-order valence-electron chi connectivity index (χ1n) is 9.62. The van der Waals surface area contributed by atoms with E-state index in [1.54, 1.807) is 32.3 Å². The molecule has 0 N–H and O–H groups in total. The molecule has 0 fully saturated rings. The molecule has 1 heterocycles. The van der Waals surface area contributed by atoms with Gasteiger partial charge >= 0.3 is 6.09 Å². The van der Waals surface area contributed by atoms with Crippen molar-refractivity contribution in [3.8, 4) is 11.5 Å². The zero-order valence-corrected chi connectivity index (χ0v) is 17.3. The van der Waals surface area contributed by atoms with Gasteiger partial charge in [0.05, 0.1) is 11.5 Å². The van der Waals surface area contributed by atoms with Crippen LogP contribution >= 0.6 is 0 Å². The summed E-state index contributed by atoms with van der Waals surface area (Å²) in [6, 6.07) is 11.9. The summed E-state index contributed by atoms with van der Waals surface area (Å²) in [7, 11) is 5.33. The van der Waals surface area contributed by atoms with Gasteiger partial charge in [0.2, 0.25) is 0 Å². The Bertz CT molecular complexity index is 940. The molecule has 1 aliphatic rings. The maximum Gasteiger partial charge on any atom is 0.414 e. The quantitative estimate of drug-likeness (QED) is 0.525. The molecule has 2 aromatic carbocycles. The van der Waals surface area contributed by atoms with Gasteiger partial charge in [0.25, 0.3) is 5.69 Å². The van der Waals surface area contributed by atoms with Crippen LogP contribution in [0.3, 0.4) is 0 Å². The van der Waals surface area contributed by atoms with Gasteiger partial charge in [-0.15, -0.1) is 0 Å². The number of amides is 1. The van der Waals surface area contributed by atoms with Crippen LogP contribution in [0.5, 0.6) is 11.5 Å². The first-order valence-corrected chi connectivity index (χ1v) is 9.62. The molecule has 158 valence electrons. The Labute approximate surface area is 175 Å². The molecular formula is C22H25N3O5. The van der Waals surface area contributed by atoms with E-state index in [1.165, 1.54) is 17.0 Å². The van der Waals surface area contributed by atoms with E-state index in [4.69, 9.17) is 9.47 Å². The van der Waals surface area contributed by atoms with E-state index in [0.717, 1.165) is 24.1 Å². The summed E-state index contributed by atoms with van der Waals surface area (Å²) in [5.41, 5.74) is 2.17. The van der Waals surface area contributed by atoms with Crippen LogP contribution in [-0.4, -0.2) is 55.1 Å². The number of carbonyl (C=O) groups is 1. The third-order valence-corrected chi connectivity index (χ3v) is 4.92. The van der Waals surface area contributed by atoms with Gasteiger partial charge in [-0.3, -0.25) is 15.0 Å². The number of likely N-dealkylation sites (N-methyl/N-ethyl adjacent to an activating group) is 1. The molecule has 30 heavy (non-hydrogen) atoms. The van der Waals surface area contributed by atoms with Gasteiger partial charge in [0.1, 0.15) is 11.5 Å².